The lowest BCUT2D eigenvalue weighted by Gasteiger charge is -2.04. The van der Waals surface area contributed by atoms with Gasteiger partial charge in [-0.1, -0.05) is 0 Å². The van der Waals surface area contributed by atoms with Gasteiger partial charge in [-0.15, -0.1) is 4.91 Å². The van der Waals surface area contributed by atoms with Gasteiger partial charge in [-0.3, -0.25) is 0 Å². The van der Waals surface area contributed by atoms with Crippen molar-refractivity contribution in [1.29, 1.82) is 0 Å². The smallest absolute Gasteiger partial charge is 0.337 e. The second-order valence-electron chi connectivity index (χ2n) is 2.38. The summed E-state index contributed by atoms with van der Waals surface area (Å²) in [4.78, 5) is 20.8. The van der Waals surface area contributed by atoms with E-state index in [0.717, 1.165) is 0 Å². The second-order valence-corrected chi connectivity index (χ2v) is 2.38. The van der Waals surface area contributed by atoms with Crippen LogP contribution in [0.25, 0.3) is 0 Å². The summed E-state index contributed by atoms with van der Waals surface area (Å²) in [6, 6.07) is 4.17. The molecule has 0 aliphatic rings. The number of hydrogen-bond donors (Lipinski definition) is 2. The highest BCUT2D eigenvalue weighted by atomic mass is 16.4. The van der Waals surface area contributed by atoms with Crippen molar-refractivity contribution in [3.8, 4) is 0 Å². The highest BCUT2D eigenvalue weighted by molar-refractivity contribution is 5.95. The van der Waals surface area contributed by atoms with E-state index in [0.29, 0.717) is 5.69 Å². The summed E-state index contributed by atoms with van der Waals surface area (Å²) in [6.45, 7) is 0. The molecule has 68 valence electrons. The van der Waals surface area contributed by atoms with Gasteiger partial charge < -0.3 is 10.4 Å². The van der Waals surface area contributed by atoms with E-state index >= 15 is 0 Å². The summed E-state index contributed by atoms with van der Waals surface area (Å²) in [5.41, 5.74) is 0.607. The molecule has 0 bridgehead atoms. The summed E-state index contributed by atoms with van der Waals surface area (Å²) < 4.78 is 0. The van der Waals surface area contributed by atoms with E-state index in [-0.39, 0.29) is 11.3 Å². The summed E-state index contributed by atoms with van der Waals surface area (Å²) >= 11 is 0. The molecule has 0 saturated heterocycles. The molecule has 0 aliphatic heterocycles. The molecule has 0 aliphatic carbocycles. The number of carbonyl (C=O) groups is 1. The Kier molecular flexibility index (Phi) is 2.59. The maximum Gasteiger partial charge on any atom is 0.337 e. The van der Waals surface area contributed by atoms with E-state index in [9.17, 15) is 9.70 Å². The lowest BCUT2D eigenvalue weighted by atomic mass is 10.1. The Hall–Kier alpha value is -1.91. The van der Waals surface area contributed by atoms with Crippen molar-refractivity contribution in [2.45, 2.75) is 0 Å². The predicted octanol–water partition coefficient (Wildman–Crippen LogP) is 1.82. The minimum absolute atomic E-state index is 0.0413. The monoisotopic (exact) mass is 180 g/mol. The van der Waals surface area contributed by atoms with Crippen molar-refractivity contribution in [2.75, 3.05) is 12.4 Å². The quantitative estimate of drug-likeness (QED) is 0.695. The Morgan fingerprint density at radius 1 is 1.54 bits per heavy atom. The molecule has 2 N–H and O–H groups in total. The molecule has 1 aromatic carbocycles. The van der Waals surface area contributed by atoms with Gasteiger partial charge in [0.1, 0.15) is 5.69 Å². The molecule has 5 nitrogen and oxygen atoms in total. The van der Waals surface area contributed by atoms with Crippen LogP contribution in [0.15, 0.2) is 23.4 Å². The topological polar surface area (TPSA) is 78.8 Å². The zero-order valence-corrected chi connectivity index (χ0v) is 6.94. The van der Waals surface area contributed by atoms with Crippen molar-refractivity contribution < 1.29 is 9.90 Å². The molecule has 13 heavy (non-hydrogen) atoms. The third-order valence-electron chi connectivity index (χ3n) is 1.61. The van der Waals surface area contributed by atoms with E-state index in [1.54, 1.807) is 7.05 Å². The first-order valence-electron chi connectivity index (χ1n) is 3.57. The number of anilines is 1. The van der Waals surface area contributed by atoms with Crippen LogP contribution < -0.4 is 5.32 Å². The minimum Gasteiger partial charge on any atom is -0.478 e. The summed E-state index contributed by atoms with van der Waals surface area (Å²) in [7, 11) is 1.61. The Balaban J connectivity index is 3.25. The molecule has 0 fully saturated rings. The van der Waals surface area contributed by atoms with Gasteiger partial charge in [0, 0.05) is 12.7 Å². The fraction of sp³-hybridized carbons (Fsp3) is 0.125. The molecule has 0 unspecified atom stereocenters. The lowest BCUT2D eigenvalue weighted by molar-refractivity contribution is 0.0698. The molecule has 0 spiro atoms. The van der Waals surface area contributed by atoms with Crippen LogP contribution in [0.4, 0.5) is 11.4 Å². The largest absolute Gasteiger partial charge is 0.478 e. The van der Waals surface area contributed by atoms with Gasteiger partial charge in [0.2, 0.25) is 0 Å². The Labute approximate surface area is 74.4 Å². The fourth-order valence-electron chi connectivity index (χ4n) is 0.984. The van der Waals surface area contributed by atoms with Gasteiger partial charge in [0.05, 0.1) is 5.56 Å². The molecule has 5 heteroatoms. The number of aromatic carboxylic acids is 1. The van der Waals surface area contributed by atoms with E-state index in [1.165, 1.54) is 18.2 Å². The van der Waals surface area contributed by atoms with Crippen LogP contribution in [0, 0.1) is 4.91 Å². The Bertz CT molecular complexity index is 349. The van der Waals surface area contributed by atoms with Crippen LogP contribution in [0.2, 0.25) is 0 Å². The van der Waals surface area contributed by atoms with Crippen LogP contribution in [-0.4, -0.2) is 18.1 Å². The van der Waals surface area contributed by atoms with Crippen LogP contribution >= 0.6 is 0 Å². The Morgan fingerprint density at radius 2 is 2.23 bits per heavy atom. The number of nitrogens with zero attached hydrogens (tertiary/aromatic N) is 1. The van der Waals surface area contributed by atoms with E-state index in [1.807, 2.05) is 0 Å². The van der Waals surface area contributed by atoms with Gasteiger partial charge in [0.25, 0.3) is 0 Å². The number of nitrogens with one attached hydrogen (secondary N) is 1. The third-order valence-corrected chi connectivity index (χ3v) is 1.61. The second kappa shape index (κ2) is 3.66. The van der Waals surface area contributed by atoms with Gasteiger partial charge in [-0.25, -0.2) is 4.79 Å². The van der Waals surface area contributed by atoms with Crippen LogP contribution in [0.5, 0.6) is 0 Å². The van der Waals surface area contributed by atoms with Crippen LogP contribution in [-0.2, 0) is 0 Å². The number of rotatable bonds is 3. The minimum atomic E-state index is -1.09. The first-order valence-corrected chi connectivity index (χ1v) is 3.57. The maximum atomic E-state index is 10.7. The summed E-state index contributed by atoms with van der Waals surface area (Å²) in [5.74, 6) is -1.09. The van der Waals surface area contributed by atoms with E-state index in [4.69, 9.17) is 5.11 Å². The highest BCUT2D eigenvalue weighted by Gasteiger charge is 2.09. The summed E-state index contributed by atoms with van der Waals surface area (Å²) in [5, 5.41) is 14.1. The molecule has 0 heterocycles. The lowest BCUT2D eigenvalue weighted by Crippen LogP contribution is -2.01. The molecule has 0 atom stereocenters. The van der Waals surface area contributed by atoms with Gasteiger partial charge in [0.15, 0.2) is 0 Å². The molecule has 1 rings (SSSR count). The van der Waals surface area contributed by atoms with Crippen molar-refractivity contribution in [1.82, 2.24) is 0 Å². The first kappa shape index (κ1) is 9.18. The predicted molar refractivity (Wildman–Crippen MR) is 48.4 cm³/mol. The fourth-order valence-corrected chi connectivity index (χ4v) is 0.984. The Morgan fingerprint density at radius 3 is 2.69 bits per heavy atom. The SMILES string of the molecule is CNc1ccc(N=O)cc1C(=O)O. The molecule has 0 amide bonds. The molecular weight excluding hydrogens is 172 g/mol. The molecule has 0 aromatic heterocycles. The normalized spacial score (nSPS) is 9.31. The average Bonchev–Trinajstić information content (AvgIpc) is 2.16. The van der Waals surface area contributed by atoms with E-state index < -0.39 is 5.97 Å². The number of hydrogen-bond acceptors (Lipinski definition) is 4. The molecular formula is C8H8N2O3. The van der Waals surface area contributed by atoms with Crippen LogP contribution in [0.1, 0.15) is 10.4 Å². The standard InChI is InChI=1S/C8H8N2O3/c1-9-7-3-2-5(10-13)4-6(7)8(11)12/h2-4,9H,1H3,(H,11,12). The highest BCUT2D eigenvalue weighted by Crippen LogP contribution is 2.21. The zero-order chi connectivity index (χ0) is 9.84. The van der Waals surface area contributed by atoms with E-state index in [2.05, 4.69) is 10.5 Å². The molecule has 1 aromatic rings. The van der Waals surface area contributed by atoms with Gasteiger partial charge in [-0.2, -0.15) is 0 Å². The number of benzene rings is 1. The number of carboxylic acid groups (broad SMARTS) is 1. The van der Waals surface area contributed by atoms with Crippen molar-refractivity contribution in [3.05, 3.63) is 28.7 Å². The van der Waals surface area contributed by atoms with Crippen molar-refractivity contribution in [3.63, 3.8) is 0 Å². The summed E-state index contributed by atoms with van der Waals surface area (Å²) in [6.07, 6.45) is 0. The average molecular weight is 180 g/mol. The molecule has 0 radical (unpaired) electrons. The van der Waals surface area contributed by atoms with Gasteiger partial charge >= 0.3 is 5.97 Å². The number of nitroso groups, excluding NO2 is 1. The first-order chi connectivity index (χ1) is 6.19. The maximum absolute atomic E-state index is 10.7. The third kappa shape index (κ3) is 1.81. The van der Waals surface area contributed by atoms with Crippen molar-refractivity contribution >= 4 is 17.3 Å². The zero-order valence-electron chi connectivity index (χ0n) is 6.94. The number of carboxylic acids is 1. The van der Waals surface area contributed by atoms with Gasteiger partial charge in [-0.05, 0) is 23.4 Å². The molecule has 0 saturated carbocycles. The van der Waals surface area contributed by atoms with Crippen LogP contribution in [0.3, 0.4) is 0 Å². The van der Waals surface area contributed by atoms with Crippen molar-refractivity contribution in [2.24, 2.45) is 5.18 Å².